The first-order valence-electron chi connectivity index (χ1n) is 4.74. The number of rotatable bonds is 4. The summed E-state index contributed by atoms with van der Waals surface area (Å²) in [5, 5.41) is 9.39. The SMILES string of the molecule is COC(=O)C(C)CSc1ccc(C#N)cn1. The Kier molecular flexibility index (Phi) is 4.80. The van der Waals surface area contributed by atoms with E-state index in [0.29, 0.717) is 11.3 Å². The van der Waals surface area contributed by atoms with Gasteiger partial charge in [-0.25, -0.2) is 4.98 Å². The number of pyridine rings is 1. The minimum Gasteiger partial charge on any atom is -0.469 e. The number of nitrogens with zero attached hydrogens (tertiary/aromatic N) is 2. The van der Waals surface area contributed by atoms with Crippen LogP contribution >= 0.6 is 11.8 Å². The zero-order valence-electron chi connectivity index (χ0n) is 9.14. The third-order valence-electron chi connectivity index (χ3n) is 1.95. The van der Waals surface area contributed by atoms with Gasteiger partial charge in [0.25, 0.3) is 0 Å². The predicted octanol–water partition coefficient (Wildman–Crippen LogP) is 1.85. The molecule has 1 unspecified atom stereocenters. The van der Waals surface area contributed by atoms with Crippen LogP contribution in [0.4, 0.5) is 0 Å². The molecule has 1 atom stereocenters. The van der Waals surface area contributed by atoms with Crippen LogP contribution in [0.3, 0.4) is 0 Å². The summed E-state index contributed by atoms with van der Waals surface area (Å²) in [7, 11) is 1.38. The average Bonchev–Trinajstić information content (AvgIpc) is 2.35. The summed E-state index contributed by atoms with van der Waals surface area (Å²) >= 11 is 1.47. The van der Waals surface area contributed by atoms with Crippen molar-refractivity contribution in [2.24, 2.45) is 5.92 Å². The topological polar surface area (TPSA) is 63.0 Å². The minimum atomic E-state index is -0.221. The van der Waals surface area contributed by atoms with Crippen molar-refractivity contribution in [3.05, 3.63) is 23.9 Å². The van der Waals surface area contributed by atoms with Crippen molar-refractivity contribution in [3.8, 4) is 6.07 Å². The van der Waals surface area contributed by atoms with E-state index < -0.39 is 0 Å². The van der Waals surface area contributed by atoms with Crippen LogP contribution in [-0.4, -0.2) is 23.8 Å². The molecule has 0 aliphatic heterocycles. The lowest BCUT2D eigenvalue weighted by molar-refractivity contribution is -0.143. The first-order valence-corrected chi connectivity index (χ1v) is 5.72. The summed E-state index contributed by atoms with van der Waals surface area (Å²) in [6.07, 6.45) is 1.52. The number of carbonyl (C=O) groups excluding carboxylic acids is 1. The van der Waals surface area contributed by atoms with Gasteiger partial charge in [-0.2, -0.15) is 5.26 Å². The quantitative estimate of drug-likeness (QED) is 0.589. The number of nitriles is 1. The van der Waals surface area contributed by atoms with Crippen LogP contribution in [-0.2, 0) is 9.53 Å². The number of carbonyl (C=O) groups is 1. The summed E-state index contributed by atoms with van der Waals surface area (Å²) in [6.45, 7) is 1.81. The molecule has 0 aliphatic carbocycles. The third kappa shape index (κ3) is 3.55. The fraction of sp³-hybridized carbons (Fsp3) is 0.364. The summed E-state index contributed by atoms with van der Waals surface area (Å²) in [6, 6.07) is 5.48. The molecule has 0 bridgehead atoms. The molecule has 1 aromatic heterocycles. The number of aromatic nitrogens is 1. The molecule has 84 valence electrons. The number of esters is 1. The van der Waals surface area contributed by atoms with Gasteiger partial charge in [0.1, 0.15) is 6.07 Å². The van der Waals surface area contributed by atoms with E-state index in [0.717, 1.165) is 5.03 Å². The van der Waals surface area contributed by atoms with Crippen LogP contribution in [0.5, 0.6) is 0 Å². The lowest BCUT2D eigenvalue weighted by atomic mass is 10.2. The lowest BCUT2D eigenvalue weighted by Crippen LogP contribution is -2.14. The Morgan fingerprint density at radius 2 is 2.44 bits per heavy atom. The van der Waals surface area contributed by atoms with Gasteiger partial charge < -0.3 is 4.74 Å². The van der Waals surface area contributed by atoms with Gasteiger partial charge in [0.15, 0.2) is 0 Å². The number of hydrogen-bond acceptors (Lipinski definition) is 5. The predicted molar refractivity (Wildman–Crippen MR) is 60.9 cm³/mol. The van der Waals surface area contributed by atoms with E-state index in [1.165, 1.54) is 25.1 Å². The highest BCUT2D eigenvalue weighted by molar-refractivity contribution is 7.99. The van der Waals surface area contributed by atoms with E-state index in [9.17, 15) is 4.79 Å². The lowest BCUT2D eigenvalue weighted by Gasteiger charge is -2.07. The van der Waals surface area contributed by atoms with Gasteiger partial charge in [-0.3, -0.25) is 4.79 Å². The Balaban J connectivity index is 2.49. The van der Waals surface area contributed by atoms with Crippen LogP contribution in [0.25, 0.3) is 0 Å². The summed E-state index contributed by atoms with van der Waals surface area (Å²) in [5.41, 5.74) is 0.533. The van der Waals surface area contributed by atoms with Crippen molar-refractivity contribution in [2.45, 2.75) is 11.9 Å². The van der Waals surface area contributed by atoms with Crippen molar-refractivity contribution in [1.82, 2.24) is 4.98 Å². The smallest absolute Gasteiger partial charge is 0.309 e. The molecule has 0 aromatic carbocycles. The minimum absolute atomic E-state index is 0.160. The van der Waals surface area contributed by atoms with E-state index in [2.05, 4.69) is 9.72 Å². The van der Waals surface area contributed by atoms with E-state index in [1.54, 1.807) is 12.1 Å². The van der Waals surface area contributed by atoms with Gasteiger partial charge in [0.2, 0.25) is 0 Å². The van der Waals surface area contributed by atoms with E-state index in [-0.39, 0.29) is 11.9 Å². The molecule has 1 aromatic rings. The Bertz CT molecular complexity index is 397. The fourth-order valence-corrected chi connectivity index (χ4v) is 1.86. The average molecular weight is 236 g/mol. The molecule has 0 saturated heterocycles. The fourth-order valence-electron chi connectivity index (χ4n) is 1.01. The molecule has 1 heterocycles. The van der Waals surface area contributed by atoms with Crippen LogP contribution < -0.4 is 0 Å². The normalized spacial score (nSPS) is 11.6. The molecule has 5 heteroatoms. The van der Waals surface area contributed by atoms with Gasteiger partial charge in [-0.05, 0) is 12.1 Å². The number of ether oxygens (including phenoxy) is 1. The largest absolute Gasteiger partial charge is 0.469 e. The maximum Gasteiger partial charge on any atom is 0.309 e. The highest BCUT2D eigenvalue weighted by Gasteiger charge is 2.13. The Morgan fingerprint density at radius 1 is 1.69 bits per heavy atom. The van der Waals surface area contributed by atoms with Gasteiger partial charge >= 0.3 is 5.97 Å². The monoisotopic (exact) mass is 236 g/mol. The van der Waals surface area contributed by atoms with Gasteiger partial charge in [-0.15, -0.1) is 11.8 Å². The highest BCUT2D eigenvalue weighted by Crippen LogP contribution is 2.18. The third-order valence-corrected chi connectivity index (χ3v) is 3.15. The van der Waals surface area contributed by atoms with Crippen LogP contribution in [0.1, 0.15) is 12.5 Å². The second-order valence-electron chi connectivity index (χ2n) is 3.23. The highest BCUT2D eigenvalue weighted by atomic mass is 32.2. The van der Waals surface area contributed by atoms with Crippen LogP contribution in [0, 0.1) is 17.2 Å². The van der Waals surface area contributed by atoms with E-state index in [4.69, 9.17) is 5.26 Å². The summed E-state index contributed by atoms with van der Waals surface area (Å²) in [4.78, 5) is 15.2. The van der Waals surface area contributed by atoms with Gasteiger partial charge in [0.05, 0.1) is 23.6 Å². The van der Waals surface area contributed by atoms with Crippen molar-refractivity contribution in [3.63, 3.8) is 0 Å². The van der Waals surface area contributed by atoms with E-state index in [1.807, 2.05) is 13.0 Å². The zero-order valence-corrected chi connectivity index (χ0v) is 9.95. The van der Waals surface area contributed by atoms with Crippen molar-refractivity contribution >= 4 is 17.7 Å². The van der Waals surface area contributed by atoms with Gasteiger partial charge in [0, 0.05) is 11.9 Å². The Hall–Kier alpha value is -1.54. The molecule has 16 heavy (non-hydrogen) atoms. The number of thioether (sulfide) groups is 1. The summed E-state index contributed by atoms with van der Waals surface area (Å²) < 4.78 is 4.62. The van der Waals surface area contributed by atoms with E-state index >= 15 is 0 Å². The second-order valence-corrected chi connectivity index (χ2v) is 4.27. The van der Waals surface area contributed by atoms with Crippen LogP contribution in [0.15, 0.2) is 23.4 Å². The first-order chi connectivity index (χ1) is 7.67. The standard InChI is InChI=1S/C11H12N2O2S/c1-8(11(14)15-2)7-16-10-4-3-9(5-12)6-13-10/h3-4,6,8H,7H2,1-2H3. The molecule has 0 fully saturated rings. The maximum absolute atomic E-state index is 11.1. The molecule has 4 nitrogen and oxygen atoms in total. The van der Waals surface area contributed by atoms with Crippen molar-refractivity contribution in [2.75, 3.05) is 12.9 Å². The molecule has 1 rings (SSSR count). The van der Waals surface area contributed by atoms with Gasteiger partial charge in [-0.1, -0.05) is 6.92 Å². The van der Waals surface area contributed by atoms with Crippen molar-refractivity contribution < 1.29 is 9.53 Å². The molecule has 0 amide bonds. The maximum atomic E-state index is 11.1. The molecular weight excluding hydrogens is 224 g/mol. The molecular formula is C11H12N2O2S. The molecule has 0 radical (unpaired) electrons. The Labute approximate surface area is 98.6 Å². The number of methoxy groups -OCH3 is 1. The molecule has 0 aliphatic rings. The molecule has 0 spiro atoms. The summed E-state index contributed by atoms with van der Waals surface area (Å²) in [5.74, 6) is 0.236. The van der Waals surface area contributed by atoms with Crippen LogP contribution in [0.2, 0.25) is 0 Å². The molecule has 0 saturated carbocycles. The number of hydrogen-bond donors (Lipinski definition) is 0. The Morgan fingerprint density at radius 3 is 2.94 bits per heavy atom. The second kappa shape index (κ2) is 6.13. The zero-order chi connectivity index (χ0) is 12.0. The molecule has 0 N–H and O–H groups in total. The first kappa shape index (κ1) is 12.5. The van der Waals surface area contributed by atoms with Crippen molar-refractivity contribution in [1.29, 1.82) is 5.26 Å².